The van der Waals surface area contributed by atoms with E-state index in [1.165, 1.54) is 31.2 Å². The van der Waals surface area contributed by atoms with Gasteiger partial charge in [0.25, 0.3) is 0 Å². The van der Waals surface area contributed by atoms with Crippen LogP contribution in [0.1, 0.15) is 53.4 Å². The van der Waals surface area contributed by atoms with Crippen LogP contribution in [0, 0.1) is 5.92 Å². The highest BCUT2D eigenvalue weighted by Crippen LogP contribution is 2.14. The quantitative estimate of drug-likeness (QED) is 0.171. The van der Waals surface area contributed by atoms with Crippen LogP contribution in [0.2, 0.25) is 0 Å². The van der Waals surface area contributed by atoms with Crippen LogP contribution >= 0.6 is 0 Å². The molecule has 238 valence electrons. The van der Waals surface area contributed by atoms with Gasteiger partial charge in [0.2, 0.25) is 23.6 Å². The molecule has 0 aliphatic heterocycles. The number of hydrogen-bond donors (Lipinski definition) is 5. The summed E-state index contributed by atoms with van der Waals surface area (Å²) in [4.78, 5) is 72.4. The SMILES string of the molecule is C=c1ccc(=O)o/c1=C/C(=C\C)NC(=O)[C@H](CCCCNC(=O)C(F)(F)F)NC(=O)CNC(=O)[C@H](CC(C)C)NC(C)=O. The second-order valence-corrected chi connectivity index (χ2v) is 9.99. The number of amides is 5. The lowest BCUT2D eigenvalue weighted by Crippen LogP contribution is -2.52. The van der Waals surface area contributed by atoms with E-state index in [1.54, 1.807) is 12.2 Å². The average Bonchev–Trinajstić information content (AvgIpc) is 2.90. The molecule has 5 N–H and O–H groups in total. The van der Waals surface area contributed by atoms with Gasteiger partial charge in [-0.05, 0) is 44.6 Å². The van der Waals surface area contributed by atoms with Crippen molar-refractivity contribution < 1.29 is 41.6 Å². The smallest absolute Gasteiger partial charge is 0.423 e. The van der Waals surface area contributed by atoms with Crippen LogP contribution in [0.3, 0.4) is 0 Å². The molecule has 1 heterocycles. The molecule has 2 atom stereocenters. The minimum absolute atomic E-state index is 0.0345. The molecule has 0 radical (unpaired) electrons. The summed E-state index contributed by atoms with van der Waals surface area (Å²) in [5.41, 5.74) is -0.361. The molecule has 12 nitrogen and oxygen atoms in total. The van der Waals surface area contributed by atoms with Crippen LogP contribution in [-0.4, -0.2) is 60.9 Å². The first-order valence-corrected chi connectivity index (χ1v) is 13.5. The zero-order valence-electron chi connectivity index (χ0n) is 24.5. The Balaban J connectivity index is 2.98. The maximum atomic E-state index is 13.1. The summed E-state index contributed by atoms with van der Waals surface area (Å²) in [5.74, 6) is -4.50. The predicted octanol–water partition coefficient (Wildman–Crippen LogP) is -0.149. The summed E-state index contributed by atoms with van der Waals surface area (Å²) in [5, 5.41) is 12.1. The molecule has 0 aliphatic carbocycles. The number of hydrogen-bond acceptors (Lipinski definition) is 7. The van der Waals surface area contributed by atoms with Crippen molar-refractivity contribution in [3.63, 3.8) is 0 Å². The van der Waals surface area contributed by atoms with Crippen molar-refractivity contribution in [3.05, 3.63) is 45.0 Å². The molecule has 0 saturated heterocycles. The number of halogens is 3. The molecule has 1 aromatic rings. The Hall–Kier alpha value is -4.43. The van der Waals surface area contributed by atoms with Crippen LogP contribution in [-0.2, 0) is 24.0 Å². The summed E-state index contributed by atoms with van der Waals surface area (Å²) in [6.45, 7) is 9.46. The lowest BCUT2D eigenvalue weighted by atomic mass is 10.0. The Kier molecular flexibility index (Phi) is 14.9. The molecule has 1 aromatic heterocycles. The molecule has 5 amide bonds. The Morgan fingerprint density at radius 3 is 2.26 bits per heavy atom. The lowest BCUT2D eigenvalue weighted by molar-refractivity contribution is -0.173. The van der Waals surface area contributed by atoms with E-state index in [2.05, 4.69) is 27.8 Å². The largest absolute Gasteiger partial charge is 0.471 e. The van der Waals surface area contributed by atoms with E-state index >= 15 is 0 Å². The minimum Gasteiger partial charge on any atom is -0.423 e. The fourth-order valence-electron chi connectivity index (χ4n) is 3.67. The molecule has 0 aliphatic rings. The zero-order chi connectivity index (χ0) is 32.7. The van der Waals surface area contributed by atoms with Gasteiger partial charge in [-0.2, -0.15) is 13.2 Å². The topological polar surface area (TPSA) is 176 Å². The summed E-state index contributed by atoms with van der Waals surface area (Å²) in [7, 11) is 0. The number of allylic oxidation sites excluding steroid dienone is 2. The molecule has 0 unspecified atom stereocenters. The van der Waals surface area contributed by atoms with Gasteiger partial charge in [0.05, 0.1) is 6.54 Å². The Bertz CT molecular complexity index is 1360. The molecule has 0 bridgehead atoms. The fourth-order valence-corrected chi connectivity index (χ4v) is 3.67. The van der Waals surface area contributed by atoms with E-state index in [-0.39, 0.29) is 42.8 Å². The van der Waals surface area contributed by atoms with Gasteiger partial charge < -0.3 is 31.0 Å². The van der Waals surface area contributed by atoms with Gasteiger partial charge in [0.15, 0.2) is 0 Å². The highest BCUT2D eigenvalue weighted by atomic mass is 19.4. The molecule has 43 heavy (non-hydrogen) atoms. The molecule has 15 heteroatoms. The lowest BCUT2D eigenvalue weighted by Gasteiger charge is -2.21. The first-order chi connectivity index (χ1) is 20.0. The molecule has 0 fully saturated rings. The standard InChI is InChI=1S/C28H38F3N5O7/c1-6-19(14-22-17(4)10-11-24(39)43-22)35-26(41)20(9-7-8-12-32-27(42)28(29,30)31)36-23(38)15-33-25(40)21(13-16(2)3)34-18(5)37/h6,10-11,14,16,20-21H,4,7-9,12-13,15H2,1-3,5H3,(H,32,42)(H,33,40)(H,34,37)(H,35,41)(H,36,38)/b19-6+,22-14+/t20-,21-/m0/s1. The number of unbranched alkanes of at least 4 members (excludes halogenated alkanes) is 1. The first kappa shape index (κ1) is 36.6. The van der Waals surface area contributed by atoms with Crippen LogP contribution in [0.5, 0.6) is 0 Å². The van der Waals surface area contributed by atoms with Gasteiger partial charge in [0.1, 0.15) is 17.5 Å². The highest BCUT2D eigenvalue weighted by Gasteiger charge is 2.38. The Morgan fingerprint density at radius 2 is 1.67 bits per heavy atom. The number of rotatable bonds is 15. The van der Waals surface area contributed by atoms with Gasteiger partial charge in [-0.15, -0.1) is 0 Å². The molecule has 1 rings (SSSR count). The molecular weight excluding hydrogens is 575 g/mol. The third-order valence-corrected chi connectivity index (χ3v) is 5.75. The summed E-state index contributed by atoms with van der Waals surface area (Å²) < 4.78 is 42.3. The number of carbonyl (C=O) groups excluding carboxylic acids is 5. The fraction of sp³-hybridized carbons (Fsp3) is 0.500. The van der Waals surface area contributed by atoms with E-state index < -0.39 is 60.0 Å². The van der Waals surface area contributed by atoms with Gasteiger partial charge >= 0.3 is 17.7 Å². The Morgan fingerprint density at radius 1 is 1.00 bits per heavy atom. The maximum Gasteiger partial charge on any atom is 0.471 e. The zero-order valence-corrected chi connectivity index (χ0v) is 24.5. The van der Waals surface area contributed by atoms with Crippen LogP contribution < -0.4 is 42.8 Å². The van der Waals surface area contributed by atoms with Gasteiger partial charge in [-0.1, -0.05) is 26.5 Å². The second kappa shape index (κ2) is 17.5. The van der Waals surface area contributed by atoms with Crippen molar-refractivity contribution in [2.45, 2.75) is 71.6 Å². The third kappa shape index (κ3) is 14.3. The number of carbonyl (C=O) groups is 5. The van der Waals surface area contributed by atoms with Crippen LogP contribution in [0.15, 0.2) is 33.1 Å². The van der Waals surface area contributed by atoms with Crippen molar-refractivity contribution >= 4 is 42.2 Å². The van der Waals surface area contributed by atoms with Crippen LogP contribution in [0.4, 0.5) is 13.2 Å². The summed E-state index contributed by atoms with van der Waals surface area (Å²) >= 11 is 0. The predicted molar refractivity (Wildman–Crippen MR) is 151 cm³/mol. The Labute approximate surface area is 246 Å². The maximum absolute atomic E-state index is 13.1. The van der Waals surface area contributed by atoms with Crippen LogP contribution in [0.25, 0.3) is 12.7 Å². The van der Waals surface area contributed by atoms with E-state index in [0.29, 0.717) is 11.6 Å². The van der Waals surface area contributed by atoms with Crippen molar-refractivity contribution in [1.82, 2.24) is 26.6 Å². The van der Waals surface area contributed by atoms with Crippen molar-refractivity contribution in [2.24, 2.45) is 5.92 Å². The van der Waals surface area contributed by atoms with Gasteiger partial charge in [-0.25, -0.2) is 4.79 Å². The normalized spacial score (nSPS) is 13.6. The highest BCUT2D eigenvalue weighted by molar-refractivity contribution is 5.93. The van der Waals surface area contributed by atoms with E-state index in [1.807, 2.05) is 13.8 Å². The first-order valence-electron chi connectivity index (χ1n) is 13.5. The van der Waals surface area contributed by atoms with Crippen molar-refractivity contribution in [1.29, 1.82) is 0 Å². The summed E-state index contributed by atoms with van der Waals surface area (Å²) in [6.07, 6.45) is -1.70. The molecule has 0 aromatic carbocycles. The minimum atomic E-state index is -5.03. The second-order valence-electron chi connectivity index (χ2n) is 9.99. The average molecular weight is 614 g/mol. The van der Waals surface area contributed by atoms with E-state index in [4.69, 9.17) is 4.42 Å². The van der Waals surface area contributed by atoms with Crippen molar-refractivity contribution in [2.75, 3.05) is 13.1 Å². The molecule has 0 spiro atoms. The van der Waals surface area contributed by atoms with E-state index in [0.717, 1.165) is 0 Å². The molecule has 0 saturated carbocycles. The van der Waals surface area contributed by atoms with Gasteiger partial charge in [0, 0.05) is 36.5 Å². The monoisotopic (exact) mass is 613 g/mol. The molecular formula is C28H38F3N5O7. The van der Waals surface area contributed by atoms with Crippen molar-refractivity contribution in [3.8, 4) is 0 Å². The van der Waals surface area contributed by atoms with Gasteiger partial charge in [-0.3, -0.25) is 24.0 Å². The third-order valence-electron chi connectivity index (χ3n) is 5.75. The number of alkyl halides is 3. The van der Waals surface area contributed by atoms with E-state index in [9.17, 15) is 41.9 Å². The summed E-state index contributed by atoms with van der Waals surface area (Å²) in [6, 6.07) is 0.533. The number of nitrogens with one attached hydrogen (secondary N) is 5.